The fourth-order valence-electron chi connectivity index (χ4n) is 3.43. The molecule has 0 bridgehead atoms. The molecule has 0 atom stereocenters. The largest absolute Gasteiger partial charge is 0.352 e. The number of aryl methyl sites for hydroxylation is 1. The lowest BCUT2D eigenvalue weighted by atomic mass is 10.1. The van der Waals surface area contributed by atoms with Gasteiger partial charge in [-0.3, -0.25) is 4.79 Å². The Morgan fingerprint density at radius 1 is 1.12 bits per heavy atom. The summed E-state index contributed by atoms with van der Waals surface area (Å²) in [5, 5.41) is 6.75. The van der Waals surface area contributed by atoms with Crippen LogP contribution in [-0.2, 0) is 6.42 Å². The third-order valence-corrected chi connectivity index (χ3v) is 6.63. The molecule has 6 heteroatoms. The van der Waals surface area contributed by atoms with E-state index in [9.17, 15) is 4.79 Å². The molecule has 0 aliphatic carbocycles. The first kappa shape index (κ1) is 22.0. The van der Waals surface area contributed by atoms with Gasteiger partial charge < -0.3 is 5.32 Å². The molecule has 0 fully saturated rings. The van der Waals surface area contributed by atoms with E-state index in [2.05, 4.69) is 37.5 Å². The number of thioether (sulfide) groups is 1. The van der Waals surface area contributed by atoms with Gasteiger partial charge in [0.15, 0.2) is 0 Å². The van der Waals surface area contributed by atoms with Crippen LogP contribution in [0.5, 0.6) is 0 Å². The Hall–Kier alpha value is -3.22. The number of benzene rings is 2. The van der Waals surface area contributed by atoms with Gasteiger partial charge in [-0.25, -0.2) is 9.97 Å². The molecule has 160 valence electrons. The number of nitrogens with one attached hydrogen (secondary N) is 1. The van der Waals surface area contributed by atoms with E-state index in [1.54, 1.807) is 28.9 Å². The zero-order chi connectivity index (χ0) is 22.5. The third-order valence-electron chi connectivity index (χ3n) is 5.11. The molecule has 0 aliphatic rings. The van der Waals surface area contributed by atoms with Crippen molar-refractivity contribution in [2.75, 3.05) is 6.54 Å². The van der Waals surface area contributed by atoms with Crippen molar-refractivity contribution in [2.24, 2.45) is 0 Å². The predicted octanol–water partition coefficient (Wildman–Crippen LogP) is 6.49. The molecule has 1 amide bonds. The van der Waals surface area contributed by atoms with Gasteiger partial charge in [0.1, 0.15) is 11.4 Å². The van der Waals surface area contributed by atoms with E-state index in [1.165, 1.54) is 22.9 Å². The van der Waals surface area contributed by atoms with E-state index in [0.29, 0.717) is 23.3 Å². The van der Waals surface area contributed by atoms with Gasteiger partial charge in [-0.15, -0.1) is 11.3 Å². The van der Waals surface area contributed by atoms with Gasteiger partial charge >= 0.3 is 0 Å². The Bertz CT molecular complexity index is 1300. The Balaban J connectivity index is 1.59. The predicted molar refractivity (Wildman–Crippen MR) is 137 cm³/mol. The van der Waals surface area contributed by atoms with E-state index in [-0.39, 0.29) is 5.91 Å². The number of aromatic nitrogens is 2. The fraction of sp³-hybridized carbons (Fsp3) is 0.115. The van der Waals surface area contributed by atoms with Crippen molar-refractivity contribution in [2.45, 2.75) is 13.3 Å². The highest BCUT2D eigenvalue weighted by atomic mass is 32.2. The normalized spacial score (nSPS) is 10.8. The zero-order valence-electron chi connectivity index (χ0n) is 17.8. The summed E-state index contributed by atoms with van der Waals surface area (Å²) in [7, 11) is 0. The number of carbonyl (C=O) groups excluding carboxylic acids is 1. The zero-order valence-corrected chi connectivity index (χ0v) is 19.4. The smallest absolute Gasteiger partial charge is 0.251 e. The molecule has 2 aromatic heterocycles. The average molecular weight is 458 g/mol. The lowest BCUT2D eigenvalue weighted by Crippen LogP contribution is -2.25. The summed E-state index contributed by atoms with van der Waals surface area (Å²) in [5.74, 6) is -0.120. The first-order valence-electron chi connectivity index (χ1n) is 10.2. The Morgan fingerprint density at radius 3 is 2.72 bits per heavy atom. The maximum Gasteiger partial charge on any atom is 0.251 e. The van der Waals surface area contributed by atoms with Crippen molar-refractivity contribution in [1.82, 2.24) is 15.3 Å². The van der Waals surface area contributed by atoms with Gasteiger partial charge in [0.25, 0.3) is 5.91 Å². The minimum atomic E-state index is -0.120. The number of nitrogens with zero attached hydrogens (tertiary/aromatic N) is 2. The van der Waals surface area contributed by atoms with Crippen LogP contribution in [-0.4, -0.2) is 22.4 Å². The quantitative estimate of drug-likeness (QED) is 0.329. The van der Waals surface area contributed by atoms with Crippen LogP contribution in [0.1, 0.15) is 27.2 Å². The third kappa shape index (κ3) is 4.82. The molecule has 0 saturated carbocycles. The summed E-state index contributed by atoms with van der Waals surface area (Å²) in [5.41, 5.74) is 5.94. The second kappa shape index (κ2) is 9.94. The minimum Gasteiger partial charge on any atom is -0.352 e. The first-order valence-corrected chi connectivity index (χ1v) is 12.0. The van der Waals surface area contributed by atoms with Gasteiger partial charge in [0.2, 0.25) is 0 Å². The van der Waals surface area contributed by atoms with Crippen molar-refractivity contribution in [3.8, 4) is 10.6 Å². The molecule has 0 saturated heterocycles. The number of hydrogen-bond acceptors (Lipinski definition) is 5. The summed E-state index contributed by atoms with van der Waals surface area (Å²) in [6.45, 7) is 10.6. The van der Waals surface area contributed by atoms with Gasteiger partial charge in [0, 0.05) is 17.0 Å². The molecule has 4 nitrogen and oxygen atoms in total. The first-order chi connectivity index (χ1) is 15.6. The monoisotopic (exact) mass is 457 g/mol. The maximum atomic E-state index is 12.7. The molecule has 4 rings (SSSR count). The maximum absolute atomic E-state index is 12.7. The molecule has 0 spiro atoms. The standard InChI is InChI=1S/C26H23N3OS2/c1-4-31-18(3)24-25(23-10-7-15-32-23)28-21-12-11-20(16-22(21)29-24)26(30)27-14-13-19-9-6-5-8-17(19)2/h4-12,15-16H,1,3,13-14H2,2H3,(H,27,30). The molecule has 4 aromatic rings. The number of rotatable bonds is 8. The summed E-state index contributed by atoms with van der Waals surface area (Å²) in [6, 6.07) is 17.7. The molecule has 2 heterocycles. The highest BCUT2D eigenvalue weighted by Gasteiger charge is 2.16. The van der Waals surface area contributed by atoms with Crippen LogP contribution in [0.15, 0.2) is 78.5 Å². The van der Waals surface area contributed by atoms with E-state index in [4.69, 9.17) is 9.97 Å². The summed E-state index contributed by atoms with van der Waals surface area (Å²) in [6.07, 6.45) is 0.790. The molecule has 1 N–H and O–H groups in total. The topological polar surface area (TPSA) is 54.9 Å². The minimum absolute atomic E-state index is 0.120. The lowest BCUT2D eigenvalue weighted by molar-refractivity contribution is 0.0954. The van der Waals surface area contributed by atoms with Gasteiger partial charge in [-0.1, -0.05) is 55.3 Å². The second-order valence-corrected chi connectivity index (χ2v) is 9.25. The summed E-state index contributed by atoms with van der Waals surface area (Å²) < 4.78 is 0. The van der Waals surface area contributed by atoms with Gasteiger partial charge in [-0.2, -0.15) is 0 Å². The number of thiophene rings is 1. The van der Waals surface area contributed by atoms with Crippen molar-refractivity contribution < 1.29 is 4.79 Å². The number of amides is 1. The second-order valence-electron chi connectivity index (χ2n) is 7.24. The van der Waals surface area contributed by atoms with Crippen LogP contribution in [0.4, 0.5) is 0 Å². The number of carbonyl (C=O) groups is 1. The van der Waals surface area contributed by atoms with Crippen LogP contribution in [0.3, 0.4) is 0 Å². The van der Waals surface area contributed by atoms with Crippen LogP contribution >= 0.6 is 23.1 Å². The van der Waals surface area contributed by atoms with E-state index in [0.717, 1.165) is 27.4 Å². The van der Waals surface area contributed by atoms with Crippen LogP contribution in [0.2, 0.25) is 0 Å². The highest BCUT2D eigenvalue weighted by Crippen LogP contribution is 2.35. The Labute approximate surface area is 196 Å². The number of fused-ring (bicyclic) bond motifs is 1. The molecular weight excluding hydrogens is 434 g/mol. The highest BCUT2D eigenvalue weighted by molar-refractivity contribution is 8.10. The molecule has 32 heavy (non-hydrogen) atoms. The Kier molecular flexibility index (Phi) is 6.83. The molecule has 0 aliphatic heterocycles. The van der Waals surface area contributed by atoms with Crippen LogP contribution in [0.25, 0.3) is 26.5 Å². The molecular formula is C26H23N3OS2. The summed E-state index contributed by atoms with van der Waals surface area (Å²) in [4.78, 5) is 24.2. The Morgan fingerprint density at radius 2 is 1.97 bits per heavy atom. The fourth-order valence-corrected chi connectivity index (χ4v) is 4.60. The number of hydrogen-bond donors (Lipinski definition) is 1. The van der Waals surface area contributed by atoms with Gasteiger partial charge in [0.05, 0.1) is 15.9 Å². The van der Waals surface area contributed by atoms with Crippen LogP contribution in [0, 0.1) is 6.92 Å². The van der Waals surface area contributed by atoms with E-state index >= 15 is 0 Å². The lowest BCUT2D eigenvalue weighted by Gasteiger charge is -2.11. The van der Waals surface area contributed by atoms with Crippen molar-refractivity contribution in [1.29, 1.82) is 0 Å². The molecule has 2 aromatic carbocycles. The van der Waals surface area contributed by atoms with Crippen LogP contribution < -0.4 is 5.32 Å². The van der Waals surface area contributed by atoms with Crippen molar-refractivity contribution in [3.05, 3.63) is 101 Å². The van der Waals surface area contributed by atoms with E-state index < -0.39 is 0 Å². The van der Waals surface area contributed by atoms with Gasteiger partial charge in [-0.05, 0) is 59.5 Å². The van der Waals surface area contributed by atoms with E-state index in [1.807, 2.05) is 35.7 Å². The van der Waals surface area contributed by atoms with Crippen molar-refractivity contribution >= 4 is 44.9 Å². The average Bonchev–Trinajstić information content (AvgIpc) is 3.34. The SMILES string of the molecule is C=CSC(=C)c1nc2cc(C(=O)NCCc3ccccc3C)ccc2nc1-c1cccs1. The molecule has 0 radical (unpaired) electrons. The van der Waals surface area contributed by atoms with Crippen molar-refractivity contribution in [3.63, 3.8) is 0 Å². The molecule has 0 unspecified atom stereocenters. The summed E-state index contributed by atoms with van der Waals surface area (Å²) >= 11 is 3.02.